The molecule has 6 rings (SSSR count). The molecule has 218 valence electrons. The third kappa shape index (κ3) is 5.21. The summed E-state index contributed by atoms with van der Waals surface area (Å²) < 4.78 is 13.6. The Hall–Kier alpha value is -4.35. The number of fused-ring (bicyclic) bond motifs is 1. The number of hydrogen-bond donors (Lipinski definition) is 2. The van der Waals surface area contributed by atoms with Crippen LogP contribution in [-0.2, 0) is 17.6 Å². The van der Waals surface area contributed by atoms with Gasteiger partial charge in [0.2, 0.25) is 5.78 Å². The van der Waals surface area contributed by atoms with Gasteiger partial charge in [-0.2, -0.15) is 10.1 Å². The van der Waals surface area contributed by atoms with E-state index in [-0.39, 0.29) is 18.2 Å². The monoisotopic (exact) mass is 570 g/mol. The van der Waals surface area contributed by atoms with Gasteiger partial charge in [0.25, 0.3) is 5.56 Å². The van der Waals surface area contributed by atoms with Crippen molar-refractivity contribution in [3.05, 3.63) is 92.6 Å². The Kier molecular flexibility index (Phi) is 7.61. The molecule has 0 aliphatic heterocycles. The lowest BCUT2D eigenvalue weighted by atomic mass is 9.82. The summed E-state index contributed by atoms with van der Waals surface area (Å²) in [5.74, 6) is 0.313. The molecule has 3 heterocycles. The van der Waals surface area contributed by atoms with Gasteiger partial charge >= 0.3 is 5.76 Å². The predicted octanol–water partition coefficient (Wildman–Crippen LogP) is 3.94. The number of aromatic nitrogens is 6. The van der Waals surface area contributed by atoms with Crippen LogP contribution < -0.4 is 11.3 Å². The Morgan fingerprint density at radius 3 is 2.50 bits per heavy atom. The molecule has 11 heteroatoms. The van der Waals surface area contributed by atoms with Crippen LogP contribution in [0.25, 0.3) is 28.3 Å². The highest BCUT2D eigenvalue weighted by molar-refractivity contribution is 5.80. The number of nitrogens with one attached hydrogen (secondary N) is 1. The second-order valence-electron chi connectivity index (χ2n) is 11.1. The minimum absolute atomic E-state index is 0.0504. The molecule has 0 unspecified atom stereocenters. The number of rotatable bonds is 9. The Balaban J connectivity index is 1.35. The zero-order valence-corrected chi connectivity index (χ0v) is 23.7. The summed E-state index contributed by atoms with van der Waals surface area (Å²) in [6.07, 6.45) is 5.92. The lowest BCUT2D eigenvalue weighted by molar-refractivity contribution is -0.0629. The van der Waals surface area contributed by atoms with E-state index < -0.39 is 11.4 Å². The summed E-state index contributed by atoms with van der Waals surface area (Å²) in [7, 11) is 1.59. The van der Waals surface area contributed by atoms with Crippen molar-refractivity contribution >= 4 is 5.78 Å². The number of methoxy groups -OCH3 is 1. The summed E-state index contributed by atoms with van der Waals surface area (Å²) in [6.45, 7) is 2.37. The average Bonchev–Trinajstić information content (AvgIpc) is 3.66. The van der Waals surface area contributed by atoms with Gasteiger partial charge in [0.15, 0.2) is 5.82 Å². The van der Waals surface area contributed by atoms with Gasteiger partial charge in [0.05, 0.1) is 17.9 Å². The molecule has 1 aliphatic carbocycles. The van der Waals surface area contributed by atoms with Crippen molar-refractivity contribution < 1.29 is 14.4 Å². The molecule has 0 spiro atoms. The van der Waals surface area contributed by atoms with Crippen LogP contribution in [-0.4, -0.2) is 53.7 Å². The molecule has 1 fully saturated rings. The zero-order chi connectivity index (χ0) is 29.3. The molecule has 0 atom stereocenters. The summed E-state index contributed by atoms with van der Waals surface area (Å²) in [5.41, 5.74) is 4.26. The Morgan fingerprint density at radius 2 is 1.83 bits per heavy atom. The van der Waals surface area contributed by atoms with E-state index in [4.69, 9.17) is 9.26 Å². The maximum absolute atomic E-state index is 14.2. The van der Waals surface area contributed by atoms with Gasteiger partial charge in [-0.3, -0.25) is 18.9 Å². The summed E-state index contributed by atoms with van der Waals surface area (Å²) >= 11 is 0. The molecule has 1 aliphatic rings. The van der Waals surface area contributed by atoms with Crippen LogP contribution in [0.4, 0.5) is 0 Å². The number of H-pyrrole nitrogens is 1. The van der Waals surface area contributed by atoms with Gasteiger partial charge in [-0.15, -0.1) is 0 Å². The molecule has 2 N–H and O–H groups in total. The minimum Gasteiger partial charge on any atom is -0.387 e. The van der Waals surface area contributed by atoms with Gasteiger partial charge in [0.1, 0.15) is 6.33 Å². The lowest BCUT2D eigenvalue weighted by Gasteiger charge is -2.36. The number of aliphatic hydroxyl groups is 1. The molecule has 0 saturated heterocycles. The number of benzene rings is 2. The van der Waals surface area contributed by atoms with Crippen molar-refractivity contribution in [2.45, 2.75) is 63.5 Å². The van der Waals surface area contributed by atoms with Crippen LogP contribution in [0.3, 0.4) is 0 Å². The first-order valence-corrected chi connectivity index (χ1v) is 14.3. The molecule has 0 bridgehead atoms. The van der Waals surface area contributed by atoms with Crippen molar-refractivity contribution in [3.63, 3.8) is 0 Å². The molecule has 0 amide bonds. The van der Waals surface area contributed by atoms with Gasteiger partial charge in [-0.25, -0.2) is 9.31 Å². The highest BCUT2D eigenvalue weighted by atomic mass is 16.5. The van der Waals surface area contributed by atoms with Crippen LogP contribution >= 0.6 is 0 Å². The Bertz CT molecular complexity index is 1810. The molecule has 42 heavy (non-hydrogen) atoms. The van der Waals surface area contributed by atoms with Gasteiger partial charge in [0, 0.05) is 30.7 Å². The molecular weight excluding hydrogens is 536 g/mol. The standard InChI is InChI=1S/C31H34N6O5/c1-3-6-26-25(28(38)36(29-32-19-33-37(26)29)22-13-15-31(40,16-14-22)18-41-2)17-20-9-11-21(12-10-20)23-7-4-5-8-24(23)27-34-30(39)42-35-27/h4-5,7-12,19,22,40H,3,6,13-18H2,1-2H3,(H,34,35,39)/t22-,31+. The second kappa shape index (κ2) is 11.5. The van der Waals surface area contributed by atoms with Crippen molar-refractivity contribution in [2.24, 2.45) is 0 Å². The summed E-state index contributed by atoms with van der Waals surface area (Å²) in [6, 6.07) is 15.6. The van der Waals surface area contributed by atoms with Gasteiger partial charge in [-0.1, -0.05) is 67.0 Å². The van der Waals surface area contributed by atoms with Crippen molar-refractivity contribution in [1.29, 1.82) is 0 Å². The number of nitrogens with zero attached hydrogens (tertiary/aromatic N) is 5. The van der Waals surface area contributed by atoms with Crippen molar-refractivity contribution in [2.75, 3.05) is 13.7 Å². The Labute approximate surface area is 241 Å². The van der Waals surface area contributed by atoms with Crippen molar-refractivity contribution in [1.82, 2.24) is 29.3 Å². The average molecular weight is 571 g/mol. The fourth-order valence-corrected chi connectivity index (χ4v) is 6.18. The molecule has 0 radical (unpaired) electrons. The fraction of sp³-hybridized carbons (Fsp3) is 0.387. The number of aromatic amines is 1. The first-order chi connectivity index (χ1) is 20.4. The normalized spacial score (nSPS) is 19.0. The third-order valence-corrected chi connectivity index (χ3v) is 8.25. The largest absolute Gasteiger partial charge is 0.439 e. The van der Waals surface area contributed by atoms with E-state index in [1.165, 1.54) is 6.33 Å². The van der Waals surface area contributed by atoms with E-state index in [9.17, 15) is 14.7 Å². The van der Waals surface area contributed by atoms with E-state index in [0.29, 0.717) is 55.7 Å². The van der Waals surface area contributed by atoms with E-state index in [1.54, 1.807) is 11.7 Å². The van der Waals surface area contributed by atoms with E-state index >= 15 is 0 Å². The quantitative estimate of drug-likeness (QED) is 0.272. The molecule has 2 aromatic carbocycles. The highest BCUT2D eigenvalue weighted by Crippen LogP contribution is 2.36. The Morgan fingerprint density at radius 1 is 1.10 bits per heavy atom. The van der Waals surface area contributed by atoms with Crippen molar-refractivity contribution in [3.8, 4) is 22.5 Å². The zero-order valence-electron chi connectivity index (χ0n) is 23.7. The first-order valence-electron chi connectivity index (χ1n) is 14.3. The van der Waals surface area contributed by atoms with Crippen LogP contribution in [0.5, 0.6) is 0 Å². The van der Waals surface area contributed by atoms with Gasteiger partial charge in [-0.05, 0) is 48.8 Å². The summed E-state index contributed by atoms with van der Waals surface area (Å²) in [5, 5.41) is 19.2. The number of hydrogen-bond acceptors (Lipinski definition) is 8. The smallest absolute Gasteiger partial charge is 0.387 e. The number of ether oxygens (including phenoxy) is 1. The first kappa shape index (κ1) is 27.8. The maximum Gasteiger partial charge on any atom is 0.439 e. The lowest BCUT2D eigenvalue weighted by Crippen LogP contribution is -2.41. The van der Waals surface area contributed by atoms with Gasteiger partial charge < -0.3 is 9.84 Å². The minimum atomic E-state index is -0.868. The maximum atomic E-state index is 14.2. The number of aryl methyl sites for hydroxylation is 1. The topological polar surface area (TPSA) is 141 Å². The summed E-state index contributed by atoms with van der Waals surface area (Å²) in [4.78, 5) is 32.9. The van der Waals surface area contributed by atoms with Crippen LogP contribution in [0, 0.1) is 0 Å². The second-order valence-corrected chi connectivity index (χ2v) is 11.1. The van der Waals surface area contributed by atoms with Crippen LogP contribution in [0.1, 0.15) is 61.9 Å². The van der Waals surface area contributed by atoms with Crippen LogP contribution in [0.2, 0.25) is 0 Å². The van der Waals surface area contributed by atoms with E-state index in [0.717, 1.165) is 34.4 Å². The molecule has 5 aromatic rings. The fourth-order valence-electron chi connectivity index (χ4n) is 6.18. The highest BCUT2D eigenvalue weighted by Gasteiger charge is 2.35. The molecule has 3 aromatic heterocycles. The van der Waals surface area contributed by atoms with E-state index in [2.05, 4.69) is 27.1 Å². The SMILES string of the molecule is CCCc1c(Cc2ccc(-c3ccccc3-c3noc(=O)[nH]3)cc2)c(=O)n([C@H]2CC[C@](O)(COC)CC2)c2ncnn12. The third-order valence-electron chi connectivity index (χ3n) is 8.25. The molecular formula is C31H34N6O5. The molecule has 1 saturated carbocycles. The van der Waals surface area contributed by atoms with E-state index in [1.807, 2.05) is 53.0 Å². The van der Waals surface area contributed by atoms with Crippen LogP contribution in [0.15, 0.2) is 69.0 Å². The predicted molar refractivity (Wildman–Crippen MR) is 156 cm³/mol. The molecule has 11 nitrogen and oxygen atoms in total.